The van der Waals surface area contributed by atoms with Gasteiger partial charge in [-0.25, -0.2) is 4.39 Å². The lowest BCUT2D eigenvalue weighted by Gasteiger charge is -2.34. The zero-order valence-electron chi connectivity index (χ0n) is 14.0. The van der Waals surface area contributed by atoms with Crippen LogP contribution in [0, 0.1) is 12.7 Å². The average Bonchev–Trinajstić information content (AvgIpc) is 2.59. The summed E-state index contributed by atoms with van der Waals surface area (Å²) in [5.41, 5.74) is 3.38. The summed E-state index contributed by atoms with van der Waals surface area (Å²) >= 11 is 0. The van der Waals surface area contributed by atoms with Crippen molar-refractivity contribution in [1.29, 1.82) is 0 Å². The molecular formula is C20H23FN2O. The van der Waals surface area contributed by atoms with E-state index in [1.165, 1.54) is 17.7 Å². The highest BCUT2D eigenvalue weighted by molar-refractivity contribution is 5.78. The van der Waals surface area contributed by atoms with Gasteiger partial charge in [-0.3, -0.25) is 9.69 Å². The number of amides is 1. The molecule has 0 atom stereocenters. The van der Waals surface area contributed by atoms with Crippen LogP contribution < -0.4 is 0 Å². The number of carbonyl (C=O) groups is 1. The van der Waals surface area contributed by atoms with Crippen molar-refractivity contribution < 1.29 is 9.18 Å². The first-order valence-electron chi connectivity index (χ1n) is 8.40. The first-order chi connectivity index (χ1) is 11.6. The third kappa shape index (κ3) is 4.42. The smallest absolute Gasteiger partial charge is 0.227 e. The number of nitrogens with zero attached hydrogens (tertiary/aromatic N) is 2. The fraction of sp³-hybridized carbons (Fsp3) is 0.350. The quantitative estimate of drug-likeness (QED) is 0.862. The number of hydrogen-bond acceptors (Lipinski definition) is 2. The van der Waals surface area contributed by atoms with E-state index in [1.54, 1.807) is 0 Å². The van der Waals surface area contributed by atoms with Gasteiger partial charge in [-0.15, -0.1) is 0 Å². The van der Waals surface area contributed by atoms with Gasteiger partial charge in [0.1, 0.15) is 5.82 Å². The Kier molecular flexibility index (Phi) is 5.26. The van der Waals surface area contributed by atoms with E-state index in [1.807, 2.05) is 48.2 Å². The van der Waals surface area contributed by atoms with Crippen molar-refractivity contribution in [3.63, 3.8) is 0 Å². The molecule has 1 amide bonds. The molecule has 4 heteroatoms. The van der Waals surface area contributed by atoms with Gasteiger partial charge in [0.05, 0.1) is 6.42 Å². The van der Waals surface area contributed by atoms with Crippen LogP contribution >= 0.6 is 0 Å². The van der Waals surface area contributed by atoms with Crippen LogP contribution in [0.5, 0.6) is 0 Å². The lowest BCUT2D eigenvalue weighted by molar-refractivity contribution is -0.132. The Hall–Kier alpha value is -2.20. The molecule has 0 unspecified atom stereocenters. The summed E-state index contributed by atoms with van der Waals surface area (Å²) in [7, 11) is 0. The van der Waals surface area contributed by atoms with E-state index in [-0.39, 0.29) is 11.7 Å². The van der Waals surface area contributed by atoms with E-state index in [0.717, 1.165) is 43.9 Å². The van der Waals surface area contributed by atoms with Crippen LogP contribution in [0.1, 0.15) is 16.7 Å². The summed E-state index contributed by atoms with van der Waals surface area (Å²) < 4.78 is 12.9. The molecule has 0 aliphatic carbocycles. The van der Waals surface area contributed by atoms with Crippen LogP contribution in [0.4, 0.5) is 4.39 Å². The van der Waals surface area contributed by atoms with Gasteiger partial charge >= 0.3 is 0 Å². The average molecular weight is 326 g/mol. The van der Waals surface area contributed by atoms with Crippen molar-refractivity contribution in [2.24, 2.45) is 0 Å². The Balaban J connectivity index is 1.48. The summed E-state index contributed by atoms with van der Waals surface area (Å²) in [6.45, 7) is 6.08. The maximum Gasteiger partial charge on any atom is 0.227 e. The van der Waals surface area contributed by atoms with E-state index in [0.29, 0.717) is 6.42 Å². The molecule has 1 aliphatic heterocycles. The van der Waals surface area contributed by atoms with Gasteiger partial charge in [-0.2, -0.15) is 0 Å². The van der Waals surface area contributed by atoms with Gasteiger partial charge in [0.15, 0.2) is 0 Å². The number of hydrogen-bond donors (Lipinski definition) is 0. The van der Waals surface area contributed by atoms with E-state index >= 15 is 0 Å². The summed E-state index contributed by atoms with van der Waals surface area (Å²) in [5.74, 6) is -0.00874. The first-order valence-corrected chi connectivity index (χ1v) is 8.40. The molecule has 3 rings (SSSR count). The van der Waals surface area contributed by atoms with E-state index in [9.17, 15) is 9.18 Å². The molecule has 0 saturated carbocycles. The van der Waals surface area contributed by atoms with Crippen LogP contribution in [0.3, 0.4) is 0 Å². The number of benzene rings is 2. The Morgan fingerprint density at radius 1 is 0.917 bits per heavy atom. The highest BCUT2D eigenvalue weighted by Crippen LogP contribution is 2.11. The minimum atomic E-state index is -0.203. The SMILES string of the molecule is Cc1ccc(CC(=O)N2CCN(Cc3ccc(F)cc3)CC2)cc1. The predicted molar refractivity (Wildman–Crippen MR) is 93.1 cm³/mol. The van der Waals surface area contributed by atoms with Crippen molar-refractivity contribution in [3.05, 3.63) is 71.0 Å². The Bertz CT molecular complexity index is 674. The van der Waals surface area contributed by atoms with Crippen molar-refractivity contribution in [3.8, 4) is 0 Å². The standard InChI is InChI=1S/C20H23FN2O/c1-16-2-4-17(5-3-16)14-20(24)23-12-10-22(11-13-23)15-18-6-8-19(21)9-7-18/h2-9H,10-15H2,1H3. The van der Waals surface area contributed by atoms with Gasteiger partial charge in [0.25, 0.3) is 0 Å². The third-order valence-electron chi connectivity index (χ3n) is 4.52. The molecule has 1 aliphatic rings. The Morgan fingerprint density at radius 2 is 1.50 bits per heavy atom. The van der Waals surface area contributed by atoms with Crippen LogP contribution in [0.25, 0.3) is 0 Å². The monoisotopic (exact) mass is 326 g/mol. The van der Waals surface area contributed by atoms with Gasteiger partial charge < -0.3 is 4.90 Å². The highest BCUT2D eigenvalue weighted by Gasteiger charge is 2.21. The first kappa shape index (κ1) is 16.7. The second-order valence-electron chi connectivity index (χ2n) is 6.45. The molecule has 2 aromatic carbocycles. The molecule has 24 heavy (non-hydrogen) atoms. The molecule has 1 saturated heterocycles. The fourth-order valence-electron chi connectivity index (χ4n) is 3.00. The van der Waals surface area contributed by atoms with Gasteiger partial charge in [0, 0.05) is 32.7 Å². The lowest BCUT2D eigenvalue weighted by Crippen LogP contribution is -2.48. The number of piperazine rings is 1. The molecule has 0 bridgehead atoms. The number of halogens is 1. The number of rotatable bonds is 4. The largest absolute Gasteiger partial charge is 0.340 e. The molecule has 0 spiro atoms. The topological polar surface area (TPSA) is 23.6 Å². The molecule has 126 valence electrons. The van der Waals surface area contributed by atoms with Crippen molar-refractivity contribution >= 4 is 5.91 Å². The Morgan fingerprint density at radius 3 is 2.12 bits per heavy atom. The van der Waals surface area contributed by atoms with Gasteiger partial charge in [-0.05, 0) is 30.2 Å². The summed E-state index contributed by atoms with van der Waals surface area (Å²) in [5, 5.41) is 0. The van der Waals surface area contributed by atoms with E-state index in [2.05, 4.69) is 4.90 Å². The number of carbonyl (C=O) groups excluding carboxylic acids is 1. The van der Waals surface area contributed by atoms with E-state index in [4.69, 9.17) is 0 Å². The van der Waals surface area contributed by atoms with Gasteiger partial charge in [-0.1, -0.05) is 42.0 Å². The fourth-order valence-corrected chi connectivity index (χ4v) is 3.00. The third-order valence-corrected chi connectivity index (χ3v) is 4.52. The minimum Gasteiger partial charge on any atom is -0.340 e. The molecule has 0 aromatic heterocycles. The van der Waals surface area contributed by atoms with Crippen LogP contribution in [0.15, 0.2) is 48.5 Å². The zero-order valence-corrected chi connectivity index (χ0v) is 14.0. The maximum absolute atomic E-state index is 12.9. The molecule has 0 radical (unpaired) electrons. The molecule has 1 heterocycles. The van der Waals surface area contributed by atoms with Crippen LogP contribution in [0.2, 0.25) is 0 Å². The highest BCUT2D eigenvalue weighted by atomic mass is 19.1. The Labute approximate surface area is 142 Å². The summed E-state index contributed by atoms with van der Waals surface area (Å²) in [6, 6.07) is 14.8. The van der Waals surface area contributed by atoms with Crippen LogP contribution in [-0.4, -0.2) is 41.9 Å². The minimum absolute atomic E-state index is 0.195. The molecular weight excluding hydrogens is 303 g/mol. The molecule has 0 N–H and O–H groups in total. The van der Waals surface area contributed by atoms with Crippen molar-refractivity contribution in [2.45, 2.75) is 19.9 Å². The van der Waals surface area contributed by atoms with Crippen LogP contribution in [-0.2, 0) is 17.8 Å². The molecule has 1 fully saturated rings. The lowest BCUT2D eigenvalue weighted by atomic mass is 10.1. The van der Waals surface area contributed by atoms with Crippen molar-refractivity contribution in [1.82, 2.24) is 9.80 Å². The summed E-state index contributed by atoms with van der Waals surface area (Å²) in [6.07, 6.45) is 0.470. The maximum atomic E-state index is 12.9. The second-order valence-corrected chi connectivity index (χ2v) is 6.45. The summed E-state index contributed by atoms with van der Waals surface area (Å²) in [4.78, 5) is 16.7. The van der Waals surface area contributed by atoms with Crippen molar-refractivity contribution in [2.75, 3.05) is 26.2 Å². The van der Waals surface area contributed by atoms with E-state index < -0.39 is 0 Å². The van der Waals surface area contributed by atoms with Gasteiger partial charge in [0.2, 0.25) is 5.91 Å². The second kappa shape index (κ2) is 7.58. The number of aryl methyl sites for hydroxylation is 1. The normalized spacial score (nSPS) is 15.5. The molecule has 3 nitrogen and oxygen atoms in total. The predicted octanol–water partition coefficient (Wildman–Crippen LogP) is 3.02. The zero-order chi connectivity index (χ0) is 16.9. The molecule has 2 aromatic rings.